The monoisotopic (exact) mass is 260 g/mol. The highest BCUT2D eigenvalue weighted by atomic mass is 16.2. The number of rotatable bonds is 5. The number of carbonyl (C=O) groups is 1. The van der Waals surface area contributed by atoms with Gasteiger partial charge in [0.1, 0.15) is 6.54 Å². The van der Waals surface area contributed by atoms with E-state index in [1.807, 2.05) is 25.1 Å². The zero-order chi connectivity index (χ0) is 13.8. The molecule has 0 aliphatic carbocycles. The van der Waals surface area contributed by atoms with Crippen LogP contribution in [-0.2, 0) is 11.3 Å². The number of nitrogens with two attached hydrogens (primary N) is 1. The van der Waals surface area contributed by atoms with Crippen LogP contribution in [0.25, 0.3) is 10.9 Å². The van der Waals surface area contributed by atoms with Gasteiger partial charge in [-0.15, -0.1) is 0 Å². The fourth-order valence-electron chi connectivity index (χ4n) is 2.18. The van der Waals surface area contributed by atoms with E-state index in [-0.39, 0.29) is 18.5 Å². The zero-order valence-electron chi connectivity index (χ0n) is 11.4. The van der Waals surface area contributed by atoms with Crippen LogP contribution in [0.1, 0.15) is 26.7 Å². The average Bonchev–Trinajstić information content (AvgIpc) is 2.72. The molecule has 0 bridgehead atoms. The Morgan fingerprint density at radius 2 is 2.32 bits per heavy atom. The molecule has 0 saturated heterocycles. The molecule has 2 rings (SSSR count). The van der Waals surface area contributed by atoms with E-state index in [1.54, 1.807) is 10.9 Å². The molecule has 2 aromatic rings. The molecule has 1 aromatic heterocycles. The molecule has 1 unspecified atom stereocenters. The standard InChI is InChI=1S/C14H20N4O/c1-3-4-10(2)17-14(19)9-18-13-7-12(15)6-5-11(13)8-16-18/h5-8,10H,3-4,9,15H2,1-2H3,(H,17,19). The molecule has 5 heteroatoms. The molecule has 0 aliphatic rings. The first kappa shape index (κ1) is 13.4. The molecule has 19 heavy (non-hydrogen) atoms. The predicted octanol–water partition coefficient (Wildman–Crippen LogP) is 1.92. The number of hydrogen-bond acceptors (Lipinski definition) is 3. The van der Waals surface area contributed by atoms with Crippen LogP contribution in [0.2, 0.25) is 0 Å². The Morgan fingerprint density at radius 3 is 3.05 bits per heavy atom. The van der Waals surface area contributed by atoms with Crippen molar-refractivity contribution >= 4 is 22.5 Å². The number of nitrogens with zero attached hydrogens (tertiary/aromatic N) is 2. The van der Waals surface area contributed by atoms with E-state index < -0.39 is 0 Å². The van der Waals surface area contributed by atoms with Crippen LogP contribution in [0.5, 0.6) is 0 Å². The lowest BCUT2D eigenvalue weighted by molar-refractivity contribution is -0.122. The van der Waals surface area contributed by atoms with Crippen molar-refractivity contribution in [3.8, 4) is 0 Å². The quantitative estimate of drug-likeness (QED) is 0.807. The lowest BCUT2D eigenvalue weighted by Crippen LogP contribution is -2.35. The van der Waals surface area contributed by atoms with Gasteiger partial charge in [0.2, 0.25) is 5.91 Å². The molecular formula is C14H20N4O. The van der Waals surface area contributed by atoms with E-state index in [1.165, 1.54) is 0 Å². The number of fused-ring (bicyclic) bond motifs is 1. The Balaban J connectivity index is 2.08. The van der Waals surface area contributed by atoms with Crippen LogP contribution in [0.15, 0.2) is 24.4 Å². The summed E-state index contributed by atoms with van der Waals surface area (Å²) in [5, 5.41) is 8.19. The normalized spacial score (nSPS) is 12.5. The maximum atomic E-state index is 11.9. The van der Waals surface area contributed by atoms with Crippen molar-refractivity contribution in [2.24, 2.45) is 0 Å². The van der Waals surface area contributed by atoms with E-state index in [0.717, 1.165) is 23.7 Å². The molecule has 1 amide bonds. The Labute approximate surface area is 112 Å². The van der Waals surface area contributed by atoms with Crippen LogP contribution < -0.4 is 11.1 Å². The minimum Gasteiger partial charge on any atom is -0.399 e. The van der Waals surface area contributed by atoms with Gasteiger partial charge in [-0.2, -0.15) is 5.10 Å². The first-order chi connectivity index (χ1) is 9.10. The zero-order valence-corrected chi connectivity index (χ0v) is 11.4. The Hall–Kier alpha value is -2.04. The summed E-state index contributed by atoms with van der Waals surface area (Å²) in [5.74, 6) is -0.0200. The molecule has 3 N–H and O–H groups in total. The highest BCUT2D eigenvalue weighted by molar-refractivity contribution is 5.84. The summed E-state index contributed by atoms with van der Waals surface area (Å²) in [6, 6.07) is 5.78. The van der Waals surface area contributed by atoms with E-state index in [9.17, 15) is 4.79 Å². The second-order valence-corrected chi connectivity index (χ2v) is 4.88. The van der Waals surface area contributed by atoms with Gasteiger partial charge in [-0.1, -0.05) is 13.3 Å². The first-order valence-corrected chi connectivity index (χ1v) is 6.60. The Bertz CT molecular complexity index is 576. The summed E-state index contributed by atoms with van der Waals surface area (Å²) in [6.07, 6.45) is 3.79. The fraction of sp³-hybridized carbons (Fsp3) is 0.429. The third-order valence-electron chi connectivity index (χ3n) is 3.09. The lowest BCUT2D eigenvalue weighted by Gasteiger charge is -2.13. The second-order valence-electron chi connectivity index (χ2n) is 4.88. The number of hydrogen-bond donors (Lipinski definition) is 2. The van der Waals surface area contributed by atoms with Gasteiger partial charge in [-0.3, -0.25) is 9.48 Å². The van der Waals surface area contributed by atoms with E-state index >= 15 is 0 Å². The summed E-state index contributed by atoms with van der Waals surface area (Å²) >= 11 is 0. The smallest absolute Gasteiger partial charge is 0.241 e. The largest absolute Gasteiger partial charge is 0.399 e. The van der Waals surface area contributed by atoms with Gasteiger partial charge >= 0.3 is 0 Å². The molecule has 102 valence electrons. The fourth-order valence-corrected chi connectivity index (χ4v) is 2.18. The highest BCUT2D eigenvalue weighted by Crippen LogP contribution is 2.16. The average molecular weight is 260 g/mol. The molecular weight excluding hydrogens is 240 g/mol. The van der Waals surface area contributed by atoms with Crippen molar-refractivity contribution < 1.29 is 4.79 Å². The topological polar surface area (TPSA) is 72.9 Å². The molecule has 0 aliphatic heterocycles. The summed E-state index contributed by atoms with van der Waals surface area (Å²) in [6.45, 7) is 4.34. The lowest BCUT2D eigenvalue weighted by atomic mass is 10.2. The number of nitrogen functional groups attached to an aromatic ring is 1. The first-order valence-electron chi connectivity index (χ1n) is 6.60. The van der Waals surface area contributed by atoms with Gasteiger partial charge in [0, 0.05) is 17.1 Å². The van der Waals surface area contributed by atoms with Crippen molar-refractivity contribution in [3.63, 3.8) is 0 Å². The number of amides is 1. The number of anilines is 1. The highest BCUT2D eigenvalue weighted by Gasteiger charge is 2.10. The van der Waals surface area contributed by atoms with Gasteiger partial charge < -0.3 is 11.1 Å². The summed E-state index contributed by atoms with van der Waals surface area (Å²) in [4.78, 5) is 11.9. The molecule has 0 fully saturated rings. The van der Waals surface area contributed by atoms with Crippen molar-refractivity contribution in [2.75, 3.05) is 5.73 Å². The number of benzene rings is 1. The SMILES string of the molecule is CCCC(C)NC(=O)Cn1ncc2ccc(N)cc21. The molecule has 1 heterocycles. The van der Waals surface area contributed by atoms with Crippen LogP contribution in [0.4, 0.5) is 5.69 Å². The number of carbonyl (C=O) groups excluding carboxylic acids is 1. The summed E-state index contributed by atoms with van der Waals surface area (Å²) in [5.41, 5.74) is 7.32. The van der Waals surface area contributed by atoms with E-state index in [4.69, 9.17) is 5.73 Å². The van der Waals surface area contributed by atoms with Crippen molar-refractivity contribution in [1.29, 1.82) is 0 Å². The summed E-state index contributed by atoms with van der Waals surface area (Å²) in [7, 11) is 0. The second kappa shape index (κ2) is 5.73. The van der Waals surface area contributed by atoms with Gasteiger partial charge in [-0.05, 0) is 31.5 Å². The van der Waals surface area contributed by atoms with Gasteiger partial charge in [0.25, 0.3) is 0 Å². The molecule has 1 aromatic carbocycles. The molecule has 1 atom stereocenters. The van der Waals surface area contributed by atoms with Gasteiger partial charge in [0.05, 0.1) is 11.7 Å². The maximum Gasteiger partial charge on any atom is 0.241 e. The molecule has 0 spiro atoms. The maximum absolute atomic E-state index is 11.9. The van der Waals surface area contributed by atoms with Crippen molar-refractivity contribution in [1.82, 2.24) is 15.1 Å². The molecule has 0 saturated carbocycles. The third kappa shape index (κ3) is 3.24. The number of nitrogens with one attached hydrogen (secondary N) is 1. The van der Waals surface area contributed by atoms with Gasteiger partial charge in [-0.25, -0.2) is 0 Å². The van der Waals surface area contributed by atoms with Crippen molar-refractivity contribution in [2.45, 2.75) is 39.3 Å². The van der Waals surface area contributed by atoms with E-state index in [0.29, 0.717) is 5.69 Å². The third-order valence-corrected chi connectivity index (χ3v) is 3.09. The molecule has 0 radical (unpaired) electrons. The Kier molecular flexibility index (Phi) is 4.04. The van der Waals surface area contributed by atoms with Crippen LogP contribution >= 0.6 is 0 Å². The van der Waals surface area contributed by atoms with E-state index in [2.05, 4.69) is 17.3 Å². The number of aromatic nitrogens is 2. The van der Waals surface area contributed by atoms with Crippen LogP contribution in [0.3, 0.4) is 0 Å². The van der Waals surface area contributed by atoms with Crippen molar-refractivity contribution in [3.05, 3.63) is 24.4 Å². The Morgan fingerprint density at radius 1 is 1.53 bits per heavy atom. The predicted molar refractivity (Wildman–Crippen MR) is 76.7 cm³/mol. The van der Waals surface area contributed by atoms with Crippen LogP contribution in [0, 0.1) is 0 Å². The minimum atomic E-state index is -0.0200. The minimum absolute atomic E-state index is 0.0200. The van der Waals surface area contributed by atoms with Crippen LogP contribution in [-0.4, -0.2) is 21.7 Å². The molecule has 5 nitrogen and oxygen atoms in total. The summed E-state index contributed by atoms with van der Waals surface area (Å²) < 4.78 is 1.68. The van der Waals surface area contributed by atoms with Gasteiger partial charge in [0.15, 0.2) is 0 Å².